The molecule has 0 radical (unpaired) electrons. The summed E-state index contributed by atoms with van der Waals surface area (Å²) in [5.41, 5.74) is -3.86. The quantitative estimate of drug-likeness (QED) is 0.390. The van der Waals surface area contributed by atoms with Gasteiger partial charge in [-0.1, -0.05) is 36.4 Å². The Morgan fingerprint density at radius 1 is 0.773 bits per heavy atom. The normalized spacial score (nSPS) is 25.1. The second-order valence-electron chi connectivity index (χ2n) is 5.11. The van der Waals surface area contributed by atoms with Crippen molar-refractivity contribution in [3.63, 3.8) is 0 Å². The van der Waals surface area contributed by atoms with Gasteiger partial charge in [0, 0.05) is 0 Å². The number of fused-ring (bicyclic) bond motifs is 1. The highest BCUT2D eigenvalue weighted by Gasteiger charge is 2.70. The monoisotopic (exact) mass is 306 g/mol. The molecule has 0 bridgehead atoms. The standard InChI is InChI=1S/C15H14O7/c16-10-7-4-8-11-12(10)14(18,19)13(17,15(20,21)22-11)9-5-2-1-3-6-9/h1-8,16-21H. The fourth-order valence-electron chi connectivity index (χ4n) is 2.66. The minimum atomic E-state index is -3.35. The molecule has 0 amide bonds. The fraction of sp³-hybridized carbons (Fsp3) is 0.200. The highest BCUT2D eigenvalue weighted by atomic mass is 16.8. The Kier molecular flexibility index (Phi) is 2.96. The number of phenolic OH excluding ortho intramolecular Hbond substituents is 1. The fourth-order valence-corrected chi connectivity index (χ4v) is 2.66. The summed E-state index contributed by atoms with van der Waals surface area (Å²) in [6.07, 6.45) is 0. The lowest BCUT2D eigenvalue weighted by Crippen LogP contribution is -2.69. The molecule has 1 atom stereocenters. The lowest BCUT2D eigenvalue weighted by Gasteiger charge is -2.49. The molecule has 0 saturated heterocycles. The molecule has 1 aliphatic rings. The first-order valence-corrected chi connectivity index (χ1v) is 6.40. The summed E-state index contributed by atoms with van der Waals surface area (Å²) < 4.78 is 4.89. The topological polar surface area (TPSA) is 131 Å². The SMILES string of the molecule is Oc1cccc2c1C(O)(O)C(O)(c1ccccc1)C(O)(O)O2. The zero-order valence-corrected chi connectivity index (χ0v) is 11.2. The van der Waals surface area contributed by atoms with Gasteiger partial charge in [-0.25, -0.2) is 0 Å². The van der Waals surface area contributed by atoms with Gasteiger partial charge in [-0.05, 0) is 17.7 Å². The van der Waals surface area contributed by atoms with E-state index in [4.69, 9.17) is 4.74 Å². The average molecular weight is 306 g/mol. The van der Waals surface area contributed by atoms with Crippen molar-refractivity contribution in [3.05, 3.63) is 59.7 Å². The van der Waals surface area contributed by atoms with Crippen molar-refractivity contribution in [1.29, 1.82) is 0 Å². The third-order valence-corrected chi connectivity index (χ3v) is 3.77. The van der Waals surface area contributed by atoms with Gasteiger partial charge >= 0.3 is 5.97 Å². The number of hydrogen-bond acceptors (Lipinski definition) is 7. The summed E-state index contributed by atoms with van der Waals surface area (Å²) in [6.45, 7) is 0. The third kappa shape index (κ3) is 1.68. The molecule has 2 aromatic rings. The molecule has 0 fully saturated rings. The summed E-state index contributed by atoms with van der Waals surface area (Å²) in [5, 5.41) is 61.7. The molecule has 0 aromatic heterocycles. The molecule has 2 aromatic carbocycles. The molecule has 1 unspecified atom stereocenters. The molecule has 3 rings (SSSR count). The Bertz CT molecular complexity index is 711. The van der Waals surface area contributed by atoms with E-state index in [-0.39, 0.29) is 11.3 Å². The van der Waals surface area contributed by atoms with Crippen molar-refractivity contribution in [3.8, 4) is 11.5 Å². The molecule has 6 N–H and O–H groups in total. The van der Waals surface area contributed by atoms with Crippen molar-refractivity contribution in [2.24, 2.45) is 0 Å². The van der Waals surface area contributed by atoms with E-state index in [1.165, 1.54) is 36.4 Å². The van der Waals surface area contributed by atoms with Crippen LogP contribution in [-0.4, -0.2) is 36.6 Å². The van der Waals surface area contributed by atoms with Crippen LogP contribution in [-0.2, 0) is 11.4 Å². The lowest BCUT2D eigenvalue weighted by atomic mass is 9.77. The van der Waals surface area contributed by atoms with Crippen LogP contribution in [0.25, 0.3) is 0 Å². The van der Waals surface area contributed by atoms with Crippen LogP contribution in [0.3, 0.4) is 0 Å². The van der Waals surface area contributed by atoms with Gasteiger partial charge in [0.1, 0.15) is 11.5 Å². The molecule has 22 heavy (non-hydrogen) atoms. The van der Waals surface area contributed by atoms with E-state index in [0.29, 0.717) is 0 Å². The maximum Gasteiger partial charge on any atom is 0.363 e. The van der Waals surface area contributed by atoms with Gasteiger partial charge < -0.3 is 35.4 Å². The summed E-state index contributed by atoms with van der Waals surface area (Å²) in [7, 11) is 0. The summed E-state index contributed by atoms with van der Waals surface area (Å²) >= 11 is 0. The number of ether oxygens (including phenoxy) is 1. The molecule has 1 heterocycles. The van der Waals surface area contributed by atoms with Crippen molar-refractivity contribution in [2.75, 3.05) is 0 Å². The van der Waals surface area contributed by atoms with Gasteiger partial charge in [0.05, 0.1) is 5.56 Å². The Balaban J connectivity index is 2.33. The zero-order chi connectivity index (χ0) is 16.2. The third-order valence-electron chi connectivity index (χ3n) is 3.77. The maximum atomic E-state index is 10.7. The number of hydrogen-bond donors (Lipinski definition) is 6. The van der Waals surface area contributed by atoms with Crippen LogP contribution < -0.4 is 4.74 Å². The van der Waals surface area contributed by atoms with E-state index in [2.05, 4.69) is 0 Å². The van der Waals surface area contributed by atoms with Gasteiger partial charge in [-0.2, -0.15) is 0 Å². The first-order valence-electron chi connectivity index (χ1n) is 6.40. The predicted octanol–water partition coefficient (Wildman–Crippen LogP) is -0.552. The Labute approximate surface area is 124 Å². The van der Waals surface area contributed by atoms with Crippen LogP contribution in [0.1, 0.15) is 11.1 Å². The van der Waals surface area contributed by atoms with E-state index < -0.39 is 28.7 Å². The molecule has 0 saturated carbocycles. The van der Waals surface area contributed by atoms with Gasteiger partial charge in [0.25, 0.3) is 0 Å². The minimum absolute atomic E-state index is 0.223. The maximum absolute atomic E-state index is 10.7. The Morgan fingerprint density at radius 2 is 1.41 bits per heavy atom. The summed E-state index contributed by atoms with van der Waals surface area (Å²) in [4.78, 5) is 0. The first-order chi connectivity index (χ1) is 10.2. The molecular formula is C15H14O7. The molecule has 116 valence electrons. The number of aromatic hydroxyl groups is 1. The smallest absolute Gasteiger partial charge is 0.363 e. The highest BCUT2D eigenvalue weighted by molar-refractivity contribution is 5.52. The van der Waals surface area contributed by atoms with Gasteiger partial charge in [-0.15, -0.1) is 0 Å². The molecule has 0 aliphatic carbocycles. The molecule has 7 nitrogen and oxygen atoms in total. The van der Waals surface area contributed by atoms with Gasteiger partial charge in [0.15, 0.2) is 0 Å². The first kappa shape index (κ1) is 14.8. The molecule has 1 aliphatic heterocycles. The second kappa shape index (κ2) is 4.42. The number of phenols is 1. The highest BCUT2D eigenvalue weighted by Crippen LogP contribution is 2.54. The summed E-state index contributed by atoms with van der Waals surface area (Å²) in [6, 6.07) is 10.7. The second-order valence-corrected chi connectivity index (χ2v) is 5.11. The van der Waals surface area contributed by atoms with Gasteiger partial charge in [0.2, 0.25) is 11.4 Å². The molecular weight excluding hydrogens is 292 g/mol. The minimum Gasteiger partial charge on any atom is -0.507 e. The van der Waals surface area contributed by atoms with Crippen LogP contribution >= 0.6 is 0 Å². The van der Waals surface area contributed by atoms with E-state index in [0.717, 1.165) is 6.07 Å². The van der Waals surface area contributed by atoms with E-state index in [1.54, 1.807) is 6.07 Å². The van der Waals surface area contributed by atoms with Crippen LogP contribution in [0.15, 0.2) is 48.5 Å². The van der Waals surface area contributed by atoms with Crippen LogP contribution in [0.2, 0.25) is 0 Å². The number of aliphatic hydroxyl groups is 5. The zero-order valence-electron chi connectivity index (χ0n) is 11.2. The van der Waals surface area contributed by atoms with Crippen LogP contribution in [0.5, 0.6) is 11.5 Å². The predicted molar refractivity (Wildman–Crippen MR) is 72.4 cm³/mol. The van der Waals surface area contributed by atoms with Crippen molar-refractivity contribution in [2.45, 2.75) is 17.4 Å². The molecule has 0 spiro atoms. The number of benzene rings is 2. The van der Waals surface area contributed by atoms with E-state index in [1.807, 2.05) is 0 Å². The number of rotatable bonds is 1. The van der Waals surface area contributed by atoms with Crippen molar-refractivity contribution in [1.82, 2.24) is 0 Å². The largest absolute Gasteiger partial charge is 0.507 e. The van der Waals surface area contributed by atoms with Crippen molar-refractivity contribution < 1.29 is 35.4 Å². The van der Waals surface area contributed by atoms with Gasteiger partial charge in [-0.3, -0.25) is 0 Å². The van der Waals surface area contributed by atoms with E-state index in [9.17, 15) is 30.6 Å². The Morgan fingerprint density at radius 3 is 2.05 bits per heavy atom. The Hall–Kier alpha value is -2.16. The summed E-state index contributed by atoms with van der Waals surface area (Å²) in [5.74, 6) is -7.53. The molecule has 7 heteroatoms. The van der Waals surface area contributed by atoms with E-state index >= 15 is 0 Å². The lowest BCUT2D eigenvalue weighted by molar-refractivity contribution is -0.462. The van der Waals surface area contributed by atoms with Crippen LogP contribution in [0, 0.1) is 0 Å². The van der Waals surface area contributed by atoms with Crippen LogP contribution in [0.4, 0.5) is 0 Å². The van der Waals surface area contributed by atoms with Crippen molar-refractivity contribution >= 4 is 0 Å². The average Bonchev–Trinajstić information content (AvgIpc) is 2.45.